The molecule has 134 valence electrons. The van der Waals surface area contributed by atoms with Gasteiger partial charge in [0.1, 0.15) is 0 Å². The Hall–Kier alpha value is -2.25. The number of rotatable bonds is 5. The Morgan fingerprint density at radius 3 is 2.88 bits per heavy atom. The summed E-state index contributed by atoms with van der Waals surface area (Å²) in [6.07, 6.45) is 2.51. The Balaban J connectivity index is 1.48. The highest BCUT2D eigenvalue weighted by atomic mass is 32.1. The Labute approximate surface area is 161 Å². The van der Waals surface area contributed by atoms with E-state index in [0.717, 1.165) is 30.1 Å². The highest BCUT2D eigenvalue weighted by Crippen LogP contribution is 2.32. The second-order valence-electron chi connectivity index (χ2n) is 6.39. The lowest BCUT2D eigenvalue weighted by atomic mass is 10.0. The molecule has 0 bridgehead atoms. The summed E-state index contributed by atoms with van der Waals surface area (Å²) >= 11 is 6.97. The fourth-order valence-corrected chi connectivity index (χ4v) is 4.50. The standard InChI is InChI=1S/C19H20N4OS2/c24-17(22-11-4-8-15(22)14-6-2-1-3-7-14)10-12-23-18(20-21-19(23)25)16-9-5-13-26-16/h1-3,5-7,9,13,15H,4,8,10-12H2,(H,21,25). The minimum Gasteiger partial charge on any atom is -0.336 e. The molecule has 1 amide bonds. The highest BCUT2D eigenvalue weighted by Gasteiger charge is 2.29. The maximum Gasteiger partial charge on any atom is 0.224 e. The van der Waals surface area contributed by atoms with Gasteiger partial charge < -0.3 is 4.90 Å². The lowest BCUT2D eigenvalue weighted by Gasteiger charge is -2.25. The van der Waals surface area contributed by atoms with E-state index in [0.29, 0.717) is 17.7 Å². The first-order valence-electron chi connectivity index (χ1n) is 8.77. The van der Waals surface area contributed by atoms with Gasteiger partial charge in [0.2, 0.25) is 5.91 Å². The van der Waals surface area contributed by atoms with Gasteiger partial charge >= 0.3 is 0 Å². The molecule has 1 N–H and O–H groups in total. The number of amides is 1. The number of benzene rings is 1. The molecule has 1 unspecified atom stereocenters. The second-order valence-corrected chi connectivity index (χ2v) is 7.72. The first kappa shape index (κ1) is 17.2. The van der Waals surface area contributed by atoms with Gasteiger partial charge in [0.15, 0.2) is 10.6 Å². The van der Waals surface area contributed by atoms with Crippen LogP contribution in [0.25, 0.3) is 10.7 Å². The predicted molar refractivity (Wildman–Crippen MR) is 105 cm³/mol. The van der Waals surface area contributed by atoms with Gasteiger partial charge in [0.25, 0.3) is 0 Å². The molecule has 2 aromatic heterocycles. The molecule has 3 aromatic rings. The lowest BCUT2D eigenvalue weighted by Crippen LogP contribution is -2.31. The summed E-state index contributed by atoms with van der Waals surface area (Å²) in [6.45, 7) is 1.37. The van der Waals surface area contributed by atoms with Gasteiger partial charge in [0, 0.05) is 19.5 Å². The zero-order chi connectivity index (χ0) is 17.9. The van der Waals surface area contributed by atoms with Crippen LogP contribution < -0.4 is 0 Å². The third kappa shape index (κ3) is 3.37. The first-order chi connectivity index (χ1) is 12.7. The van der Waals surface area contributed by atoms with Crippen LogP contribution in [0.15, 0.2) is 47.8 Å². The molecule has 1 aliphatic heterocycles. The van der Waals surface area contributed by atoms with Gasteiger partial charge in [-0.2, -0.15) is 5.10 Å². The van der Waals surface area contributed by atoms with Crippen LogP contribution >= 0.6 is 23.6 Å². The van der Waals surface area contributed by atoms with E-state index < -0.39 is 0 Å². The molecule has 0 saturated carbocycles. The summed E-state index contributed by atoms with van der Waals surface area (Å²) in [7, 11) is 0. The van der Waals surface area contributed by atoms with Gasteiger partial charge in [-0.05, 0) is 42.1 Å². The van der Waals surface area contributed by atoms with Crippen LogP contribution in [0.2, 0.25) is 0 Å². The SMILES string of the molecule is O=C(CCn1c(-c2cccs2)n[nH]c1=S)N1CCCC1c1ccccc1. The summed E-state index contributed by atoms with van der Waals surface area (Å²) in [4.78, 5) is 16.0. The molecule has 1 aromatic carbocycles. The average Bonchev–Trinajstić information content (AvgIpc) is 3.41. The fourth-order valence-electron chi connectivity index (χ4n) is 3.56. The molecular weight excluding hydrogens is 364 g/mol. The van der Waals surface area contributed by atoms with Crippen molar-refractivity contribution in [2.24, 2.45) is 0 Å². The fraction of sp³-hybridized carbons (Fsp3) is 0.316. The van der Waals surface area contributed by atoms with Gasteiger partial charge in [-0.1, -0.05) is 36.4 Å². The van der Waals surface area contributed by atoms with E-state index in [1.807, 2.05) is 45.2 Å². The minimum atomic E-state index is 0.177. The number of likely N-dealkylation sites (tertiary alicyclic amines) is 1. The average molecular weight is 385 g/mol. The summed E-state index contributed by atoms with van der Waals surface area (Å²) in [5, 5.41) is 9.19. The lowest BCUT2D eigenvalue weighted by molar-refractivity contribution is -0.132. The molecule has 1 aliphatic rings. The molecule has 1 atom stereocenters. The van der Waals surface area contributed by atoms with E-state index in [4.69, 9.17) is 12.2 Å². The maximum atomic E-state index is 12.9. The highest BCUT2D eigenvalue weighted by molar-refractivity contribution is 7.71. The Morgan fingerprint density at radius 2 is 2.12 bits per heavy atom. The summed E-state index contributed by atoms with van der Waals surface area (Å²) in [5.74, 6) is 0.982. The van der Waals surface area contributed by atoms with Crippen molar-refractivity contribution in [2.45, 2.75) is 31.8 Å². The van der Waals surface area contributed by atoms with E-state index in [1.165, 1.54) is 5.56 Å². The summed E-state index contributed by atoms with van der Waals surface area (Å²) < 4.78 is 2.48. The Bertz CT molecular complexity index is 930. The van der Waals surface area contributed by atoms with Gasteiger partial charge in [-0.15, -0.1) is 11.3 Å². The zero-order valence-electron chi connectivity index (χ0n) is 14.3. The number of hydrogen-bond acceptors (Lipinski definition) is 4. The molecule has 3 heterocycles. The van der Waals surface area contributed by atoms with Crippen molar-refractivity contribution >= 4 is 29.5 Å². The van der Waals surface area contributed by atoms with Gasteiger partial charge in [-0.3, -0.25) is 14.5 Å². The van der Waals surface area contributed by atoms with Crippen LogP contribution in [0.4, 0.5) is 0 Å². The number of H-pyrrole nitrogens is 1. The number of carbonyl (C=O) groups excluding carboxylic acids is 1. The van der Waals surface area contributed by atoms with Crippen molar-refractivity contribution in [3.05, 3.63) is 58.2 Å². The van der Waals surface area contributed by atoms with E-state index >= 15 is 0 Å². The van der Waals surface area contributed by atoms with Crippen LogP contribution in [-0.2, 0) is 11.3 Å². The summed E-state index contributed by atoms with van der Waals surface area (Å²) in [6, 6.07) is 14.5. The van der Waals surface area contributed by atoms with Crippen LogP contribution in [0.1, 0.15) is 30.9 Å². The summed E-state index contributed by atoms with van der Waals surface area (Å²) in [5.41, 5.74) is 1.22. The molecule has 1 fully saturated rings. The monoisotopic (exact) mass is 384 g/mol. The van der Waals surface area contributed by atoms with Crippen LogP contribution in [0.5, 0.6) is 0 Å². The molecule has 4 rings (SSSR count). The molecule has 0 spiro atoms. The molecular formula is C19H20N4OS2. The Morgan fingerprint density at radius 1 is 1.27 bits per heavy atom. The largest absolute Gasteiger partial charge is 0.336 e. The van der Waals surface area contributed by atoms with Crippen molar-refractivity contribution in [3.8, 4) is 10.7 Å². The number of carbonyl (C=O) groups is 1. The number of thiophene rings is 1. The molecule has 0 aliphatic carbocycles. The Kier molecular flexibility index (Phi) is 4.99. The smallest absolute Gasteiger partial charge is 0.224 e. The van der Waals surface area contributed by atoms with Gasteiger partial charge in [-0.25, -0.2) is 0 Å². The van der Waals surface area contributed by atoms with Crippen LogP contribution in [-0.4, -0.2) is 32.1 Å². The van der Waals surface area contributed by atoms with Crippen LogP contribution in [0, 0.1) is 4.77 Å². The molecule has 1 saturated heterocycles. The molecule has 0 radical (unpaired) electrons. The quantitative estimate of drug-likeness (QED) is 0.663. The van der Waals surface area contributed by atoms with Gasteiger partial charge in [0.05, 0.1) is 10.9 Å². The normalized spacial score (nSPS) is 16.9. The van der Waals surface area contributed by atoms with Crippen molar-refractivity contribution in [1.82, 2.24) is 19.7 Å². The van der Waals surface area contributed by atoms with E-state index in [-0.39, 0.29) is 11.9 Å². The van der Waals surface area contributed by atoms with Crippen molar-refractivity contribution in [1.29, 1.82) is 0 Å². The van der Waals surface area contributed by atoms with E-state index in [2.05, 4.69) is 22.3 Å². The first-order valence-corrected chi connectivity index (χ1v) is 10.1. The third-order valence-corrected chi connectivity index (χ3v) is 5.98. The van der Waals surface area contributed by atoms with E-state index in [9.17, 15) is 4.79 Å². The number of hydrogen-bond donors (Lipinski definition) is 1. The number of aromatic nitrogens is 3. The predicted octanol–water partition coefficient (Wildman–Crippen LogP) is 4.42. The third-order valence-electron chi connectivity index (χ3n) is 4.81. The zero-order valence-corrected chi connectivity index (χ0v) is 15.9. The van der Waals surface area contributed by atoms with Crippen molar-refractivity contribution in [2.75, 3.05) is 6.54 Å². The van der Waals surface area contributed by atoms with Crippen LogP contribution in [0.3, 0.4) is 0 Å². The van der Waals surface area contributed by atoms with E-state index in [1.54, 1.807) is 11.3 Å². The van der Waals surface area contributed by atoms with Crippen molar-refractivity contribution < 1.29 is 4.79 Å². The molecule has 7 heteroatoms. The second kappa shape index (κ2) is 7.55. The maximum absolute atomic E-state index is 12.9. The minimum absolute atomic E-state index is 0.177. The number of aromatic amines is 1. The molecule has 5 nitrogen and oxygen atoms in total. The topological polar surface area (TPSA) is 53.9 Å². The molecule has 26 heavy (non-hydrogen) atoms. The van der Waals surface area contributed by atoms with Crippen molar-refractivity contribution in [3.63, 3.8) is 0 Å². The number of nitrogens with one attached hydrogen (secondary N) is 1. The number of nitrogens with zero attached hydrogens (tertiary/aromatic N) is 3.